The van der Waals surface area contributed by atoms with Crippen LogP contribution >= 0.6 is 0 Å². The Morgan fingerprint density at radius 3 is 2.61 bits per heavy atom. The van der Waals surface area contributed by atoms with Gasteiger partial charge in [-0.25, -0.2) is 4.98 Å². The van der Waals surface area contributed by atoms with Crippen molar-refractivity contribution in [3.63, 3.8) is 0 Å². The minimum atomic E-state index is -0.853. The zero-order valence-corrected chi connectivity index (χ0v) is 15.7. The molecule has 1 atom stereocenters. The highest BCUT2D eigenvalue weighted by Crippen LogP contribution is 2.28. The van der Waals surface area contributed by atoms with E-state index in [0.717, 1.165) is 17.7 Å². The summed E-state index contributed by atoms with van der Waals surface area (Å²) in [6, 6.07) is 14.3. The standard InChI is InChI=1S/C23H24N2O3/c26-22(27)14-21(23-24-11-12-25-23)18-7-9-20(10-8-18)28-15-16-5-6-17-3-1-2-4-19(17)13-16/h5-13,21H,1-4,14-15H2,(H,24,25)(H,26,27)/t21-/m0/s1. The molecule has 0 bridgehead atoms. The van der Waals surface area contributed by atoms with Crippen LogP contribution in [-0.2, 0) is 24.2 Å². The molecule has 5 heteroatoms. The number of H-pyrrole nitrogens is 1. The van der Waals surface area contributed by atoms with Crippen molar-refractivity contribution in [1.82, 2.24) is 9.97 Å². The summed E-state index contributed by atoms with van der Waals surface area (Å²) in [4.78, 5) is 18.5. The van der Waals surface area contributed by atoms with Crippen molar-refractivity contribution in [3.8, 4) is 5.75 Å². The number of nitrogens with zero attached hydrogens (tertiary/aromatic N) is 1. The van der Waals surface area contributed by atoms with E-state index in [1.54, 1.807) is 12.4 Å². The molecule has 0 unspecified atom stereocenters. The molecule has 0 amide bonds. The van der Waals surface area contributed by atoms with E-state index >= 15 is 0 Å². The van der Waals surface area contributed by atoms with Gasteiger partial charge in [0, 0.05) is 12.4 Å². The Morgan fingerprint density at radius 1 is 1.11 bits per heavy atom. The van der Waals surface area contributed by atoms with E-state index in [9.17, 15) is 9.90 Å². The lowest BCUT2D eigenvalue weighted by molar-refractivity contribution is -0.137. The van der Waals surface area contributed by atoms with Gasteiger partial charge in [0.2, 0.25) is 0 Å². The van der Waals surface area contributed by atoms with Crippen molar-refractivity contribution in [2.45, 2.75) is 44.6 Å². The third kappa shape index (κ3) is 4.25. The number of imidazole rings is 1. The molecule has 0 spiro atoms. The second kappa shape index (κ2) is 8.30. The fourth-order valence-corrected chi connectivity index (χ4v) is 3.85. The Labute approximate surface area is 164 Å². The Morgan fingerprint density at radius 2 is 1.89 bits per heavy atom. The van der Waals surface area contributed by atoms with Gasteiger partial charge in [0.1, 0.15) is 18.2 Å². The summed E-state index contributed by atoms with van der Waals surface area (Å²) in [7, 11) is 0. The molecule has 3 aromatic rings. The molecule has 1 aliphatic rings. The van der Waals surface area contributed by atoms with Crippen LogP contribution in [0.5, 0.6) is 5.75 Å². The normalized spacial score (nSPS) is 14.3. The summed E-state index contributed by atoms with van der Waals surface area (Å²) in [5.41, 5.74) is 5.02. The molecule has 4 rings (SSSR count). The highest BCUT2D eigenvalue weighted by atomic mass is 16.5. The number of aliphatic carboxylic acids is 1. The highest BCUT2D eigenvalue weighted by Gasteiger charge is 2.20. The number of nitrogens with one attached hydrogen (secondary N) is 1. The summed E-state index contributed by atoms with van der Waals surface area (Å²) >= 11 is 0. The maximum Gasteiger partial charge on any atom is 0.304 e. The van der Waals surface area contributed by atoms with Gasteiger partial charge in [0.25, 0.3) is 0 Å². The lowest BCUT2D eigenvalue weighted by atomic mass is 9.90. The van der Waals surface area contributed by atoms with Crippen LogP contribution in [0.2, 0.25) is 0 Å². The maximum atomic E-state index is 11.2. The number of aromatic amines is 1. The van der Waals surface area contributed by atoms with E-state index < -0.39 is 5.97 Å². The number of aromatic nitrogens is 2. The van der Waals surface area contributed by atoms with Crippen LogP contribution in [0.4, 0.5) is 0 Å². The van der Waals surface area contributed by atoms with Gasteiger partial charge in [0.05, 0.1) is 12.3 Å². The van der Waals surface area contributed by atoms with Crippen LogP contribution in [0.3, 0.4) is 0 Å². The minimum Gasteiger partial charge on any atom is -0.489 e. The van der Waals surface area contributed by atoms with Gasteiger partial charge in [-0.3, -0.25) is 4.79 Å². The van der Waals surface area contributed by atoms with Gasteiger partial charge in [-0.05, 0) is 60.1 Å². The number of rotatable bonds is 7. The molecular formula is C23H24N2O3. The smallest absolute Gasteiger partial charge is 0.304 e. The molecular weight excluding hydrogens is 352 g/mol. The van der Waals surface area contributed by atoms with E-state index in [2.05, 4.69) is 28.2 Å². The molecule has 1 aromatic heterocycles. The molecule has 0 radical (unpaired) electrons. The summed E-state index contributed by atoms with van der Waals surface area (Å²) in [5, 5.41) is 9.23. The van der Waals surface area contributed by atoms with E-state index in [4.69, 9.17) is 4.74 Å². The van der Waals surface area contributed by atoms with Crippen LogP contribution in [0.25, 0.3) is 0 Å². The van der Waals surface area contributed by atoms with E-state index in [0.29, 0.717) is 12.4 Å². The first-order valence-electron chi connectivity index (χ1n) is 9.73. The summed E-state index contributed by atoms with van der Waals surface area (Å²) in [5.74, 6) is 0.274. The first kappa shape index (κ1) is 18.3. The number of aryl methyl sites for hydroxylation is 2. The van der Waals surface area contributed by atoms with Crippen molar-refractivity contribution in [2.75, 3.05) is 0 Å². The molecule has 0 fully saturated rings. The van der Waals surface area contributed by atoms with Crippen LogP contribution in [0.15, 0.2) is 54.9 Å². The monoisotopic (exact) mass is 376 g/mol. The predicted octanol–water partition coefficient (Wildman–Crippen LogP) is 4.47. The highest BCUT2D eigenvalue weighted by molar-refractivity contribution is 5.68. The van der Waals surface area contributed by atoms with Gasteiger partial charge in [0.15, 0.2) is 0 Å². The maximum absolute atomic E-state index is 11.2. The molecule has 5 nitrogen and oxygen atoms in total. The molecule has 1 aliphatic carbocycles. The fraction of sp³-hybridized carbons (Fsp3) is 0.304. The van der Waals surface area contributed by atoms with Gasteiger partial charge in [-0.15, -0.1) is 0 Å². The average molecular weight is 376 g/mol. The van der Waals surface area contributed by atoms with Crippen LogP contribution < -0.4 is 4.74 Å². The average Bonchev–Trinajstić information content (AvgIpc) is 3.25. The lowest BCUT2D eigenvalue weighted by Crippen LogP contribution is -2.09. The molecule has 1 heterocycles. The zero-order valence-electron chi connectivity index (χ0n) is 15.7. The van der Waals surface area contributed by atoms with Crippen LogP contribution in [-0.4, -0.2) is 21.0 Å². The lowest BCUT2D eigenvalue weighted by Gasteiger charge is -2.17. The summed E-state index contributed by atoms with van der Waals surface area (Å²) < 4.78 is 5.95. The van der Waals surface area contributed by atoms with E-state index in [-0.39, 0.29) is 12.3 Å². The number of ether oxygens (including phenoxy) is 1. The second-order valence-electron chi connectivity index (χ2n) is 7.29. The van der Waals surface area contributed by atoms with Crippen LogP contribution in [0.1, 0.15) is 53.3 Å². The molecule has 28 heavy (non-hydrogen) atoms. The summed E-state index contributed by atoms with van der Waals surface area (Å²) in [6.07, 6.45) is 8.24. The minimum absolute atomic E-state index is 0.0111. The van der Waals surface area contributed by atoms with E-state index in [1.165, 1.54) is 36.0 Å². The second-order valence-corrected chi connectivity index (χ2v) is 7.29. The molecule has 0 saturated carbocycles. The van der Waals surface area contributed by atoms with Gasteiger partial charge >= 0.3 is 5.97 Å². The Hall–Kier alpha value is -3.08. The predicted molar refractivity (Wildman–Crippen MR) is 107 cm³/mol. The third-order valence-corrected chi connectivity index (χ3v) is 5.33. The van der Waals surface area contributed by atoms with Crippen LogP contribution in [0, 0.1) is 0 Å². The first-order chi connectivity index (χ1) is 13.7. The topological polar surface area (TPSA) is 75.2 Å². The molecule has 2 N–H and O–H groups in total. The largest absolute Gasteiger partial charge is 0.489 e. The number of fused-ring (bicyclic) bond motifs is 1. The Balaban J connectivity index is 1.43. The summed E-state index contributed by atoms with van der Waals surface area (Å²) in [6.45, 7) is 0.531. The molecule has 0 saturated heterocycles. The number of hydrogen-bond donors (Lipinski definition) is 2. The third-order valence-electron chi connectivity index (χ3n) is 5.33. The Bertz CT molecular complexity index is 933. The first-order valence-corrected chi connectivity index (χ1v) is 9.73. The number of carboxylic acids is 1. The van der Waals surface area contributed by atoms with Crippen molar-refractivity contribution < 1.29 is 14.6 Å². The molecule has 2 aromatic carbocycles. The van der Waals surface area contributed by atoms with Crippen molar-refractivity contribution >= 4 is 5.97 Å². The van der Waals surface area contributed by atoms with Gasteiger partial charge in [-0.1, -0.05) is 30.3 Å². The Kier molecular flexibility index (Phi) is 5.42. The SMILES string of the molecule is O=C(O)C[C@@H](c1ccc(OCc2ccc3c(c2)CCCC3)cc1)c1ncc[nH]1. The zero-order chi connectivity index (χ0) is 19.3. The van der Waals surface area contributed by atoms with Crippen molar-refractivity contribution in [1.29, 1.82) is 0 Å². The number of benzene rings is 2. The quantitative estimate of drug-likeness (QED) is 0.638. The van der Waals surface area contributed by atoms with Gasteiger partial charge in [-0.2, -0.15) is 0 Å². The van der Waals surface area contributed by atoms with Gasteiger partial charge < -0.3 is 14.8 Å². The van der Waals surface area contributed by atoms with Crippen molar-refractivity contribution in [3.05, 3.63) is 82.9 Å². The van der Waals surface area contributed by atoms with E-state index in [1.807, 2.05) is 24.3 Å². The fourth-order valence-electron chi connectivity index (χ4n) is 3.85. The van der Waals surface area contributed by atoms with Crippen molar-refractivity contribution in [2.24, 2.45) is 0 Å². The number of carboxylic acid groups (broad SMARTS) is 1. The molecule has 0 aliphatic heterocycles. The number of carbonyl (C=O) groups is 1. The molecule has 144 valence electrons. The number of hydrogen-bond acceptors (Lipinski definition) is 3.